The molecule has 0 radical (unpaired) electrons. The van der Waals surface area contributed by atoms with Crippen molar-refractivity contribution in [3.8, 4) is 17.2 Å². The molecule has 0 aliphatic carbocycles. The minimum atomic E-state index is 0.264. The third-order valence-corrected chi connectivity index (χ3v) is 2.74. The number of hydrogen-bond donors (Lipinski definition) is 1. The maximum absolute atomic E-state index is 9.22. The summed E-state index contributed by atoms with van der Waals surface area (Å²) in [7, 11) is 3.25. The van der Waals surface area contributed by atoms with E-state index in [1.807, 2.05) is 42.5 Å². The van der Waals surface area contributed by atoms with Gasteiger partial charge in [0.15, 0.2) is 0 Å². The summed E-state index contributed by atoms with van der Waals surface area (Å²) >= 11 is 0. The van der Waals surface area contributed by atoms with Crippen LogP contribution in [0, 0.1) is 0 Å². The molecule has 0 aromatic heterocycles. The van der Waals surface area contributed by atoms with E-state index in [4.69, 9.17) is 9.47 Å². The molecular weight excluding hydrogens is 240 g/mol. The lowest BCUT2D eigenvalue weighted by Crippen LogP contribution is -1.88. The third kappa shape index (κ3) is 3.52. The van der Waals surface area contributed by atoms with Crippen molar-refractivity contribution in [2.75, 3.05) is 14.2 Å². The van der Waals surface area contributed by atoms with Gasteiger partial charge >= 0.3 is 0 Å². The predicted molar refractivity (Wildman–Crippen MR) is 76.6 cm³/mol. The van der Waals surface area contributed by atoms with Crippen molar-refractivity contribution in [1.29, 1.82) is 0 Å². The van der Waals surface area contributed by atoms with E-state index in [0.29, 0.717) is 0 Å². The lowest BCUT2D eigenvalue weighted by molar-refractivity contribution is 0.394. The van der Waals surface area contributed by atoms with Crippen molar-refractivity contribution >= 4 is 12.2 Å². The lowest BCUT2D eigenvalue weighted by atomic mass is 10.1. The largest absolute Gasteiger partial charge is 0.508 e. The standard InChI is InChI=1S/C16H16O3/c1-18-15-9-13(10-16(11-15)19-2)4-3-12-5-7-14(17)8-6-12/h3-11,17H,1-2H3/b4-3-. The van der Waals surface area contributed by atoms with E-state index in [1.54, 1.807) is 26.4 Å². The number of methoxy groups -OCH3 is 2. The Morgan fingerprint density at radius 1 is 0.789 bits per heavy atom. The molecule has 0 saturated heterocycles. The fraction of sp³-hybridized carbons (Fsp3) is 0.125. The van der Waals surface area contributed by atoms with E-state index < -0.39 is 0 Å². The van der Waals surface area contributed by atoms with Crippen molar-refractivity contribution in [3.05, 3.63) is 53.6 Å². The maximum atomic E-state index is 9.22. The van der Waals surface area contributed by atoms with Gasteiger partial charge < -0.3 is 14.6 Å². The van der Waals surface area contributed by atoms with E-state index >= 15 is 0 Å². The number of phenolic OH excluding ortho intramolecular Hbond substituents is 1. The minimum absolute atomic E-state index is 0.264. The highest BCUT2D eigenvalue weighted by Gasteiger charge is 1.99. The molecule has 0 fully saturated rings. The molecule has 2 aromatic rings. The van der Waals surface area contributed by atoms with Gasteiger partial charge in [-0.3, -0.25) is 0 Å². The first-order valence-electron chi connectivity index (χ1n) is 5.91. The first kappa shape index (κ1) is 13.0. The zero-order chi connectivity index (χ0) is 13.7. The van der Waals surface area contributed by atoms with Crippen LogP contribution in [0.1, 0.15) is 11.1 Å². The molecule has 0 aliphatic heterocycles. The Bertz CT molecular complexity index is 549. The SMILES string of the molecule is COc1cc(/C=C\c2ccc(O)cc2)cc(OC)c1. The van der Waals surface area contributed by atoms with Crippen molar-refractivity contribution in [2.45, 2.75) is 0 Å². The molecular formula is C16H16O3. The smallest absolute Gasteiger partial charge is 0.123 e. The predicted octanol–water partition coefficient (Wildman–Crippen LogP) is 3.58. The molecule has 3 heteroatoms. The second-order valence-electron chi connectivity index (χ2n) is 4.07. The highest BCUT2D eigenvalue weighted by molar-refractivity contribution is 5.71. The van der Waals surface area contributed by atoms with Crippen LogP contribution in [0.4, 0.5) is 0 Å². The molecule has 0 bridgehead atoms. The molecule has 0 amide bonds. The van der Waals surface area contributed by atoms with Crippen molar-refractivity contribution in [3.63, 3.8) is 0 Å². The van der Waals surface area contributed by atoms with Crippen LogP contribution in [0.5, 0.6) is 17.2 Å². The van der Waals surface area contributed by atoms with Gasteiger partial charge in [-0.1, -0.05) is 24.3 Å². The van der Waals surface area contributed by atoms with Gasteiger partial charge in [-0.15, -0.1) is 0 Å². The Morgan fingerprint density at radius 2 is 1.32 bits per heavy atom. The van der Waals surface area contributed by atoms with E-state index in [-0.39, 0.29) is 5.75 Å². The van der Waals surface area contributed by atoms with Crippen LogP contribution in [-0.4, -0.2) is 19.3 Å². The Labute approximate surface area is 112 Å². The Morgan fingerprint density at radius 3 is 1.84 bits per heavy atom. The molecule has 0 heterocycles. The summed E-state index contributed by atoms with van der Waals surface area (Å²) in [5.74, 6) is 1.77. The number of phenols is 1. The Balaban J connectivity index is 2.24. The highest BCUT2D eigenvalue weighted by Crippen LogP contribution is 2.24. The molecule has 0 aliphatic rings. The molecule has 0 unspecified atom stereocenters. The van der Waals surface area contributed by atoms with Crippen LogP contribution in [0.25, 0.3) is 12.2 Å². The van der Waals surface area contributed by atoms with Crippen LogP contribution in [0.3, 0.4) is 0 Å². The van der Waals surface area contributed by atoms with E-state index in [9.17, 15) is 5.11 Å². The molecule has 98 valence electrons. The second kappa shape index (κ2) is 5.96. The van der Waals surface area contributed by atoms with Gasteiger partial charge in [-0.2, -0.15) is 0 Å². The average molecular weight is 256 g/mol. The monoisotopic (exact) mass is 256 g/mol. The quantitative estimate of drug-likeness (QED) is 0.850. The van der Waals surface area contributed by atoms with Crippen LogP contribution < -0.4 is 9.47 Å². The maximum Gasteiger partial charge on any atom is 0.123 e. The van der Waals surface area contributed by atoms with Crippen LogP contribution in [-0.2, 0) is 0 Å². The van der Waals surface area contributed by atoms with Crippen molar-refractivity contribution in [1.82, 2.24) is 0 Å². The van der Waals surface area contributed by atoms with Crippen molar-refractivity contribution in [2.24, 2.45) is 0 Å². The number of hydrogen-bond acceptors (Lipinski definition) is 3. The summed E-state index contributed by atoms with van der Waals surface area (Å²) in [6.45, 7) is 0. The first-order chi connectivity index (χ1) is 9.21. The van der Waals surface area contributed by atoms with Gasteiger partial charge in [0.25, 0.3) is 0 Å². The van der Waals surface area contributed by atoms with Crippen molar-refractivity contribution < 1.29 is 14.6 Å². The zero-order valence-corrected chi connectivity index (χ0v) is 11.0. The summed E-state index contributed by atoms with van der Waals surface area (Å²) in [6.07, 6.45) is 3.94. The number of rotatable bonds is 4. The number of ether oxygens (including phenoxy) is 2. The fourth-order valence-electron chi connectivity index (χ4n) is 1.70. The van der Waals surface area contributed by atoms with Crippen LogP contribution >= 0.6 is 0 Å². The van der Waals surface area contributed by atoms with Gasteiger partial charge in [0.05, 0.1) is 14.2 Å². The molecule has 0 spiro atoms. The summed E-state index contributed by atoms with van der Waals surface area (Å²) in [6, 6.07) is 12.7. The summed E-state index contributed by atoms with van der Waals surface area (Å²) in [4.78, 5) is 0. The van der Waals surface area contributed by atoms with Crippen LogP contribution in [0.2, 0.25) is 0 Å². The summed E-state index contributed by atoms with van der Waals surface area (Å²) < 4.78 is 10.4. The summed E-state index contributed by atoms with van der Waals surface area (Å²) in [5, 5.41) is 9.22. The van der Waals surface area contributed by atoms with E-state index in [1.165, 1.54) is 0 Å². The first-order valence-corrected chi connectivity index (χ1v) is 5.91. The van der Waals surface area contributed by atoms with Gasteiger partial charge in [0.1, 0.15) is 17.2 Å². The van der Waals surface area contributed by atoms with Gasteiger partial charge in [0.2, 0.25) is 0 Å². The van der Waals surface area contributed by atoms with E-state index in [2.05, 4.69) is 0 Å². The molecule has 0 atom stereocenters. The second-order valence-corrected chi connectivity index (χ2v) is 4.07. The third-order valence-electron chi connectivity index (χ3n) is 2.74. The Hall–Kier alpha value is -2.42. The van der Waals surface area contributed by atoms with Crippen LogP contribution in [0.15, 0.2) is 42.5 Å². The fourth-order valence-corrected chi connectivity index (χ4v) is 1.70. The molecule has 2 rings (SSSR count). The summed E-state index contributed by atoms with van der Waals surface area (Å²) in [5.41, 5.74) is 2.00. The molecule has 1 N–H and O–H groups in total. The Kier molecular flexibility index (Phi) is 4.08. The lowest BCUT2D eigenvalue weighted by Gasteiger charge is -2.05. The van der Waals surface area contributed by atoms with Gasteiger partial charge in [-0.25, -0.2) is 0 Å². The normalized spacial score (nSPS) is 10.6. The topological polar surface area (TPSA) is 38.7 Å². The highest BCUT2D eigenvalue weighted by atomic mass is 16.5. The number of aromatic hydroxyl groups is 1. The molecule has 3 nitrogen and oxygen atoms in total. The zero-order valence-electron chi connectivity index (χ0n) is 11.0. The molecule has 0 saturated carbocycles. The van der Waals surface area contributed by atoms with Gasteiger partial charge in [0, 0.05) is 6.07 Å². The van der Waals surface area contributed by atoms with Gasteiger partial charge in [-0.05, 0) is 35.4 Å². The minimum Gasteiger partial charge on any atom is -0.508 e. The average Bonchev–Trinajstić information content (AvgIpc) is 2.46. The number of benzene rings is 2. The molecule has 19 heavy (non-hydrogen) atoms. The molecule has 2 aromatic carbocycles. The van der Waals surface area contributed by atoms with E-state index in [0.717, 1.165) is 22.6 Å².